The topological polar surface area (TPSA) is 49.4 Å². The molecular formula is C18H24N2O2. The second-order valence-corrected chi connectivity index (χ2v) is 5.71. The second-order valence-electron chi connectivity index (χ2n) is 5.71. The SMILES string of the molecule is CC(=O)N/C(=C\c1ccccc1)C(=O)N1CCCCCCC1. The summed E-state index contributed by atoms with van der Waals surface area (Å²) in [6.45, 7) is 2.97. The average Bonchev–Trinajstić information content (AvgIpc) is 2.46. The standard InChI is InChI=1S/C18H24N2O2/c1-15(21)19-17(14-16-10-6-5-7-11-16)18(22)20-12-8-3-2-4-9-13-20/h5-7,10-11,14H,2-4,8-9,12-13H2,1H3,(H,19,21)/b17-14-. The molecule has 118 valence electrons. The maximum absolute atomic E-state index is 12.7. The van der Waals surface area contributed by atoms with Gasteiger partial charge in [0.2, 0.25) is 5.91 Å². The van der Waals surface area contributed by atoms with Crippen molar-refractivity contribution in [1.82, 2.24) is 10.2 Å². The highest BCUT2D eigenvalue weighted by Crippen LogP contribution is 2.14. The van der Waals surface area contributed by atoms with Crippen molar-refractivity contribution in [2.24, 2.45) is 0 Å². The molecule has 2 rings (SSSR count). The van der Waals surface area contributed by atoms with Crippen LogP contribution in [-0.2, 0) is 9.59 Å². The van der Waals surface area contributed by atoms with Crippen LogP contribution in [0.3, 0.4) is 0 Å². The Kier molecular flexibility index (Phi) is 6.19. The summed E-state index contributed by atoms with van der Waals surface area (Å²) in [6.07, 6.45) is 7.40. The van der Waals surface area contributed by atoms with Crippen LogP contribution in [0.2, 0.25) is 0 Å². The molecule has 2 amide bonds. The minimum Gasteiger partial charge on any atom is -0.337 e. The van der Waals surface area contributed by atoms with Gasteiger partial charge in [-0.15, -0.1) is 0 Å². The van der Waals surface area contributed by atoms with Crippen LogP contribution in [-0.4, -0.2) is 29.8 Å². The molecule has 0 aliphatic carbocycles. The molecule has 1 saturated heterocycles. The van der Waals surface area contributed by atoms with Gasteiger partial charge in [0.15, 0.2) is 0 Å². The van der Waals surface area contributed by atoms with Gasteiger partial charge in [0.1, 0.15) is 5.70 Å². The number of hydrogen-bond acceptors (Lipinski definition) is 2. The molecule has 1 aliphatic heterocycles. The Labute approximate surface area is 132 Å². The van der Waals surface area contributed by atoms with E-state index in [2.05, 4.69) is 5.32 Å². The number of rotatable bonds is 3. The molecule has 0 unspecified atom stereocenters. The fraction of sp³-hybridized carbons (Fsp3) is 0.444. The van der Waals surface area contributed by atoms with Crippen LogP contribution in [0, 0.1) is 0 Å². The van der Waals surface area contributed by atoms with Crippen molar-refractivity contribution < 1.29 is 9.59 Å². The van der Waals surface area contributed by atoms with Crippen molar-refractivity contribution in [3.63, 3.8) is 0 Å². The largest absolute Gasteiger partial charge is 0.337 e. The van der Waals surface area contributed by atoms with E-state index in [1.54, 1.807) is 6.08 Å². The lowest BCUT2D eigenvalue weighted by atomic mass is 10.1. The molecule has 1 aliphatic rings. The number of likely N-dealkylation sites (tertiary alicyclic amines) is 1. The number of benzene rings is 1. The smallest absolute Gasteiger partial charge is 0.270 e. The first-order chi connectivity index (χ1) is 10.7. The zero-order valence-electron chi connectivity index (χ0n) is 13.2. The van der Waals surface area contributed by atoms with E-state index in [-0.39, 0.29) is 11.8 Å². The van der Waals surface area contributed by atoms with Crippen molar-refractivity contribution >= 4 is 17.9 Å². The maximum atomic E-state index is 12.7. The fourth-order valence-corrected chi connectivity index (χ4v) is 2.68. The summed E-state index contributed by atoms with van der Waals surface area (Å²) in [5.41, 5.74) is 1.27. The predicted molar refractivity (Wildman–Crippen MR) is 87.9 cm³/mol. The van der Waals surface area contributed by atoms with E-state index in [9.17, 15) is 9.59 Å². The molecular weight excluding hydrogens is 276 g/mol. The van der Waals surface area contributed by atoms with E-state index in [1.165, 1.54) is 26.2 Å². The molecule has 0 radical (unpaired) electrons. The van der Waals surface area contributed by atoms with Crippen LogP contribution in [0.15, 0.2) is 36.0 Å². The Morgan fingerprint density at radius 2 is 1.59 bits per heavy atom. The molecule has 0 aromatic heterocycles. The highest BCUT2D eigenvalue weighted by Gasteiger charge is 2.19. The van der Waals surface area contributed by atoms with Crippen molar-refractivity contribution in [1.29, 1.82) is 0 Å². The first-order valence-corrected chi connectivity index (χ1v) is 8.00. The molecule has 0 bridgehead atoms. The molecule has 22 heavy (non-hydrogen) atoms. The predicted octanol–water partition coefficient (Wildman–Crippen LogP) is 2.96. The number of carbonyl (C=O) groups is 2. The lowest BCUT2D eigenvalue weighted by molar-refractivity contribution is -0.129. The van der Waals surface area contributed by atoms with Gasteiger partial charge in [0.25, 0.3) is 5.91 Å². The van der Waals surface area contributed by atoms with Gasteiger partial charge < -0.3 is 10.2 Å². The maximum Gasteiger partial charge on any atom is 0.270 e. The number of hydrogen-bond donors (Lipinski definition) is 1. The van der Waals surface area contributed by atoms with Gasteiger partial charge in [0, 0.05) is 20.0 Å². The second kappa shape index (κ2) is 8.37. The summed E-state index contributed by atoms with van der Waals surface area (Å²) in [7, 11) is 0. The summed E-state index contributed by atoms with van der Waals surface area (Å²) in [5.74, 6) is -0.302. The van der Waals surface area contributed by atoms with Crippen LogP contribution in [0.1, 0.15) is 44.6 Å². The van der Waals surface area contributed by atoms with Gasteiger partial charge in [-0.2, -0.15) is 0 Å². The van der Waals surface area contributed by atoms with Gasteiger partial charge in [-0.1, -0.05) is 49.6 Å². The van der Waals surface area contributed by atoms with E-state index in [1.807, 2.05) is 35.2 Å². The Hall–Kier alpha value is -2.10. The van der Waals surface area contributed by atoms with Crippen LogP contribution >= 0.6 is 0 Å². The fourth-order valence-electron chi connectivity index (χ4n) is 2.68. The van der Waals surface area contributed by atoms with Crippen molar-refractivity contribution in [3.05, 3.63) is 41.6 Å². The monoisotopic (exact) mass is 300 g/mol. The van der Waals surface area contributed by atoms with Crippen LogP contribution in [0.5, 0.6) is 0 Å². The normalized spacial score (nSPS) is 16.6. The number of nitrogens with zero attached hydrogens (tertiary/aromatic N) is 1. The highest BCUT2D eigenvalue weighted by atomic mass is 16.2. The molecule has 1 aromatic rings. The summed E-state index contributed by atoms with van der Waals surface area (Å²) in [5, 5.41) is 2.69. The molecule has 0 spiro atoms. The number of nitrogens with one attached hydrogen (secondary N) is 1. The minimum atomic E-state index is -0.220. The zero-order chi connectivity index (χ0) is 15.8. The summed E-state index contributed by atoms with van der Waals surface area (Å²) >= 11 is 0. The van der Waals surface area contributed by atoms with E-state index >= 15 is 0 Å². The lowest BCUT2D eigenvalue weighted by Crippen LogP contribution is -2.39. The third-order valence-electron chi connectivity index (χ3n) is 3.79. The first kappa shape index (κ1) is 16.3. The number of carbonyl (C=O) groups excluding carboxylic acids is 2. The van der Waals surface area contributed by atoms with E-state index in [0.717, 1.165) is 31.5 Å². The van der Waals surface area contributed by atoms with Crippen LogP contribution in [0.25, 0.3) is 6.08 Å². The number of amides is 2. The summed E-state index contributed by atoms with van der Waals surface area (Å²) < 4.78 is 0. The lowest BCUT2D eigenvalue weighted by Gasteiger charge is -2.26. The third-order valence-corrected chi connectivity index (χ3v) is 3.79. The highest BCUT2D eigenvalue weighted by molar-refractivity contribution is 6.00. The quantitative estimate of drug-likeness (QED) is 0.873. The molecule has 1 heterocycles. The molecule has 0 saturated carbocycles. The van der Waals surface area contributed by atoms with Gasteiger partial charge in [0.05, 0.1) is 0 Å². The van der Waals surface area contributed by atoms with Gasteiger partial charge in [-0.05, 0) is 24.5 Å². The van der Waals surface area contributed by atoms with Gasteiger partial charge >= 0.3 is 0 Å². The van der Waals surface area contributed by atoms with E-state index in [0.29, 0.717) is 5.70 Å². The molecule has 1 N–H and O–H groups in total. The first-order valence-electron chi connectivity index (χ1n) is 8.00. The van der Waals surface area contributed by atoms with Crippen LogP contribution in [0.4, 0.5) is 0 Å². The Bertz CT molecular complexity index is 529. The van der Waals surface area contributed by atoms with E-state index < -0.39 is 0 Å². The van der Waals surface area contributed by atoms with E-state index in [4.69, 9.17) is 0 Å². The van der Waals surface area contributed by atoms with Crippen LogP contribution < -0.4 is 5.32 Å². The Balaban J connectivity index is 2.18. The van der Waals surface area contributed by atoms with Crippen molar-refractivity contribution in [2.75, 3.05) is 13.1 Å². The molecule has 1 fully saturated rings. The summed E-state index contributed by atoms with van der Waals surface area (Å²) in [4.78, 5) is 26.0. The van der Waals surface area contributed by atoms with Gasteiger partial charge in [-0.25, -0.2) is 0 Å². The molecule has 4 heteroatoms. The third kappa shape index (κ3) is 5.02. The Morgan fingerprint density at radius 3 is 2.18 bits per heavy atom. The average molecular weight is 300 g/mol. The molecule has 4 nitrogen and oxygen atoms in total. The van der Waals surface area contributed by atoms with Crippen molar-refractivity contribution in [3.8, 4) is 0 Å². The van der Waals surface area contributed by atoms with Crippen molar-refractivity contribution in [2.45, 2.75) is 39.0 Å². The molecule has 0 atom stereocenters. The summed E-state index contributed by atoms with van der Waals surface area (Å²) in [6, 6.07) is 9.59. The zero-order valence-corrected chi connectivity index (χ0v) is 13.2. The Morgan fingerprint density at radius 1 is 1.00 bits per heavy atom. The minimum absolute atomic E-state index is 0.0825. The molecule has 1 aromatic carbocycles. The van der Waals surface area contributed by atoms with Gasteiger partial charge in [-0.3, -0.25) is 9.59 Å².